The Balaban J connectivity index is 2.27. The van der Waals surface area contributed by atoms with Crippen molar-refractivity contribution >= 4 is 23.5 Å². The van der Waals surface area contributed by atoms with Gasteiger partial charge in [0.25, 0.3) is 0 Å². The largest absolute Gasteiger partial charge is 0.293 e. The molecule has 16 heavy (non-hydrogen) atoms. The molecule has 80 valence electrons. The molecule has 0 spiro atoms. The summed E-state index contributed by atoms with van der Waals surface area (Å²) in [6.45, 7) is 0. The van der Waals surface area contributed by atoms with Crippen molar-refractivity contribution in [2.45, 2.75) is 12.8 Å². The Bertz CT molecular complexity index is 495. The zero-order valence-corrected chi connectivity index (χ0v) is 9.37. The number of nitrogens with zero attached hydrogens (tertiary/aromatic N) is 1. The lowest BCUT2D eigenvalue weighted by Gasteiger charge is -1.97. The third-order valence-electron chi connectivity index (χ3n) is 2.49. The van der Waals surface area contributed by atoms with Crippen LogP contribution in [0.4, 0.5) is 0 Å². The fourth-order valence-corrected chi connectivity index (χ4v) is 1.69. The van der Waals surface area contributed by atoms with E-state index in [0.717, 1.165) is 18.4 Å². The van der Waals surface area contributed by atoms with Crippen LogP contribution in [0.3, 0.4) is 0 Å². The number of allylic oxidation sites excluding steroid dienone is 1. The highest BCUT2D eigenvalue weighted by atomic mass is 35.5. The summed E-state index contributed by atoms with van der Waals surface area (Å²) in [5.41, 5.74) is 1.02. The predicted octanol–water partition coefficient (Wildman–Crippen LogP) is 3.23. The van der Waals surface area contributed by atoms with Crippen LogP contribution in [0.5, 0.6) is 0 Å². The Morgan fingerprint density at radius 2 is 2.25 bits per heavy atom. The van der Waals surface area contributed by atoms with Gasteiger partial charge in [-0.1, -0.05) is 23.7 Å². The molecule has 0 radical (unpaired) electrons. The van der Waals surface area contributed by atoms with Gasteiger partial charge in [0.2, 0.25) is 0 Å². The number of benzene rings is 1. The molecule has 2 nitrogen and oxygen atoms in total. The second kappa shape index (κ2) is 4.51. The number of carbonyl (C=O) groups is 1. The van der Waals surface area contributed by atoms with Crippen LogP contribution in [0, 0.1) is 17.2 Å². The van der Waals surface area contributed by atoms with Gasteiger partial charge in [0.1, 0.15) is 6.07 Å². The summed E-state index contributed by atoms with van der Waals surface area (Å²) in [4.78, 5) is 11.7. The van der Waals surface area contributed by atoms with E-state index in [-0.39, 0.29) is 17.3 Å². The first-order chi connectivity index (χ1) is 7.70. The number of nitriles is 1. The SMILES string of the molecule is N#C/C(=C\c1cccc(Cl)c1)C(=O)C1CC1. The van der Waals surface area contributed by atoms with Crippen molar-refractivity contribution < 1.29 is 4.79 Å². The Morgan fingerprint density at radius 3 is 2.81 bits per heavy atom. The zero-order valence-electron chi connectivity index (χ0n) is 8.61. The van der Waals surface area contributed by atoms with Crippen LogP contribution in [-0.2, 0) is 4.79 Å². The minimum Gasteiger partial charge on any atom is -0.293 e. The van der Waals surface area contributed by atoms with Crippen molar-refractivity contribution in [3.63, 3.8) is 0 Å². The summed E-state index contributed by atoms with van der Waals surface area (Å²) in [6.07, 6.45) is 3.42. The van der Waals surface area contributed by atoms with Crippen LogP contribution in [0.25, 0.3) is 6.08 Å². The standard InChI is InChI=1S/C13H10ClNO/c14-12-3-1-2-9(7-12)6-11(8-15)13(16)10-4-5-10/h1-3,6-7,10H,4-5H2/b11-6+. The van der Waals surface area contributed by atoms with Crippen LogP contribution in [-0.4, -0.2) is 5.78 Å². The van der Waals surface area contributed by atoms with Gasteiger partial charge in [-0.05, 0) is 36.6 Å². The van der Waals surface area contributed by atoms with E-state index >= 15 is 0 Å². The Morgan fingerprint density at radius 1 is 1.50 bits per heavy atom. The minimum absolute atomic E-state index is 0.0394. The Kier molecular flexibility index (Phi) is 3.07. The van der Waals surface area contributed by atoms with E-state index in [9.17, 15) is 4.79 Å². The van der Waals surface area contributed by atoms with Crippen LogP contribution >= 0.6 is 11.6 Å². The number of rotatable bonds is 3. The molecule has 1 fully saturated rings. The first kappa shape index (κ1) is 10.9. The molecule has 0 amide bonds. The van der Waals surface area contributed by atoms with E-state index in [4.69, 9.17) is 16.9 Å². The molecule has 1 aromatic carbocycles. The van der Waals surface area contributed by atoms with Gasteiger partial charge in [0.15, 0.2) is 5.78 Å². The van der Waals surface area contributed by atoms with E-state index in [1.807, 2.05) is 12.1 Å². The number of ketones is 1. The normalized spacial score (nSPS) is 15.6. The molecule has 1 aliphatic rings. The van der Waals surface area contributed by atoms with Crippen molar-refractivity contribution in [2.75, 3.05) is 0 Å². The highest BCUT2D eigenvalue weighted by Crippen LogP contribution is 2.32. The molecular formula is C13H10ClNO. The van der Waals surface area contributed by atoms with Crippen molar-refractivity contribution in [3.8, 4) is 6.07 Å². The van der Waals surface area contributed by atoms with Gasteiger partial charge in [-0.25, -0.2) is 0 Å². The number of hydrogen-bond acceptors (Lipinski definition) is 2. The second-order valence-corrected chi connectivity index (χ2v) is 4.30. The highest BCUT2D eigenvalue weighted by molar-refractivity contribution is 6.30. The fraction of sp³-hybridized carbons (Fsp3) is 0.231. The van der Waals surface area contributed by atoms with Crippen molar-refractivity contribution in [1.29, 1.82) is 5.26 Å². The van der Waals surface area contributed by atoms with E-state index in [1.165, 1.54) is 0 Å². The van der Waals surface area contributed by atoms with E-state index in [0.29, 0.717) is 5.02 Å². The first-order valence-electron chi connectivity index (χ1n) is 5.12. The second-order valence-electron chi connectivity index (χ2n) is 3.86. The van der Waals surface area contributed by atoms with Crippen molar-refractivity contribution in [1.82, 2.24) is 0 Å². The number of Topliss-reactive ketones (excluding diaryl/α,β-unsaturated/α-hetero) is 1. The molecule has 0 unspecified atom stereocenters. The van der Waals surface area contributed by atoms with Crippen LogP contribution in [0.2, 0.25) is 5.02 Å². The molecule has 1 saturated carbocycles. The molecule has 1 aromatic rings. The number of halogens is 1. The minimum atomic E-state index is -0.0394. The molecule has 0 aliphatic heterocycles. The Labute approximate surface area is 99.1 Å². The molecule has 0 saturated heterocycles. The lowest BCUT2D eigenvalue weighted by molar-refractivity contribution is -0.116. The van der Waals surface area contributed by atoms with Gasteiger partial charge in [-0.15, -0.1) is 0 Å². The van der Waals surface area contributed by atoms with Crippen molar-refractivity contribution in [3.05, 3.63) is 40.4 Å². The molecule has 3 heteroatoms. The summed E-state index contributed by atoms with van der Waals surface area (Å²) in [7, 11) is 0. The Hall–Kier alpha value is -1.59. The summed E-state index contributed by atoms with van der Waals surface area (Å²) in [5.74, 6) is 0.0348. The summed E-state index contributed by atoms with van der Waals surface area (Å²) < 4.78 is 0. The molecule has 0 aromatic heterocycles. The van der Waals surface area contributed by atoms with E-state index < -0.39 is 0 Å². The van der Waals surface area contributed by atoms with Crippen LogP contribution in [0.1, 0.15) is 18.4 Å². The van der Waals surface area contributed by atoms with Gasteiger partial charge in [-0.3, -0.25) is 4.79 Å². The molecule has 0 bridgehead atoms. The van der Waals surface area contributed by atoms with Gasteiger partial charge in [0, 0.05) is 10.9 Å². The van der Waals surface area contributed by atoms with Crippen molar-refractivity contribution in [2.24, 2.45) is 5.92 Å². The van der Waals surface area contributed by atoms with E-state index in [2.05, 4.69) is 0 Å². The molecule has 0 atom stereocenters. The molecule has 1 aliphatic carbocycles. The van der Waals surface area contributed by atoms with Crippen LogP contribution < -0.4 is 0 Å². The third-order valence-corrected chi connectivity index (χ3v) is 2.73. The molecule has 0 heterocycles. The van der Waals surface area contributed by atoms with Crippen LogP contribution in [0.15, 0.2) is 29.8 Å². The molecule has 0 N–H and O–H groups in total. The van der Waals surface area contributed by atoms with Gasteiger partial charge in [0.05, 0.1) is 5.57 Å². The highest BCUT2D eigenvalue weighted by Gasteiger charge is 2.31. The summed E-state index contributed by atoms with van der Waals surface area (Å²) >= 11 is 5.83. The van der Waals surface area contributed by atoms with Gasteiger partial charge in [-0.2, -0.15) is 5.26 Å². The average molecular weight is 232 g/mol. The topological polar surface area (TPSA) is 40.9 Å². The molecular weight excluding hydrogens is 222 g/mol. The van der Waals surface area contributed by atoms with E-state index in [1.54, 1.807) is 24.3 Å². The number of carbonyl (C=O) groups excluding carboxylic acids is 1. The maximum atomic E-state index is 11.7. The quantitative estimate of drug-likeness (QED) is 0.592. The maximum absolute atomic E-state index is 11.7. The summed E-state index contributed by atoms with van der Waals surface area (Å²) in [6, 6.07) is 9.07. The average Bonchev–Trinajstić information content (AvgIpc) is 3.09. The first-order valence-corrected chi connectivity index (χ1v) is 5.50. The molecule has 2 rings (SSSR count). The maximum Gasteiger partial charge on any atom is 0.176 e. The lowest BCUT2D eigenvalue weighted by atomic mass is 10.1. The van der Waals surface area contributed by atoms with Gasteiger partial charge < -0.3 is 0 Å². The lowest BCUT2D eigenvalue weighted by Crippen LogP contribution is -2.02. The predicted molar refractivity (Wildman–Crippen MR) is 62.8 cm³/mol. The third kappa shape index (κ3) is 2.50. The number of hydrogen-bond donors (Lipinski definition) is 0. The fourth-order valence-electron chi connectivity index (χ4n) is 1.49. The smallest absolute Gasteiger partial charge is 0.176 e. The van der Waals surface area contributed by atoms with Gasteiger partial charge >= 0.3 is 0 Å². The summed E-state index contributed by atoms with van der Waals surface area (Å²) in [5, 5.41) is 9.53. The monoisotopic (exact) mass is 231 g/mol. The zero-order chi connectivity index (χ0) is 11.5.